The molecule has 0 spiro atoms. The van der Waals surface area contributed by atoms with E-state index in [1.54, 1.807) is 0 Å². The van der Waals surface area contributed by atoms with Crippen molar-refractivity contribution >= 4 is 5.69 Å². The molecule has 2 fully saturated rings. The molecule has 2 heterocycles. The second-order valence-corrected chi connectivity index (χ2v) is 9.48. The summed E-state index contributed by atoms with van der Waals surface area (Å²) in [6.07, 6.45) is 0.396. The number of piperidine rings is 2. The smallest absolute Gasteiger partial charge is 0.165 e. The molecule has 0 unspecified atom stereocenters. The van der Waals surface area contributed by atoms with Gasteiger partial charge in [-0.05, 0) is 49.9 Å². The molecule has 0 aliphatic carbocycles. The fourth-order valence-corrected chi connectivity index (χ4v) is 4.87. The van der Waals surface area contributed by atoms with E-state index in [9.17, 15) is 24.1 Å². The second-order valence-electron chi connectivity index (χ2n) is 9.48. The lowest BCUT2D eigenvalue weighted by Crippen LogP contribution is -2.62. The molecule has 2 saturated heterocycles. The fourth-order valence-electron chi connectivity index (χ4n) is 4.87. The van der Waals surface area contributed by atoms with Crippen LogP contribution in [0, 0.1) is 18.6 Å². The van der Waals surface area contributed by atoms with E-state index in [0.29, 0.717) is 25.9 Å². The van der Waals surface area contributed by atoms with E-state index in [1.165, 1.54) is 11.3 Å². The zero-order valence-corrected chi connectivity index (χ0v) is 18.9. The molecule has 0 aromatic heterocycles. The second kappa shape index (κ2) is 9.54. The molecule has 4 rings (SSSR count). The first-order chi connectivity index (χ1) is 15.7. The highest BCUT2D eigenvalue weighted by Crippen LogP contribution is 2.31. The van der Waals surface area contributed by atoms with Gasteiger partial charge in [0.25, 0.3) is 0 Å². The Morgan fingerprint density at radius 2 is 1.79 bits per heavy atom. The van der Waals surface area contributed by atoms with Crippen LogP contribution >= 0.6 is 0 Å². The van der Waals surface area contributed by atoms with Gasteiger partial charge in [-0.1, -0.05) is 18.2 Å². The molecular weight excluding hydrogens is 430 g/mol. The molecule has 8 heteroatoms. The number of likely N-dealkylation sites (tertiary alicyclic amines) is 1. The van der Waals surface area contributed by atoms with Gasteiger partial charge in [0.1, 0.15) is 18.0 Å². The lowest BCUT2D eigenvalue weighted by molar-refractivity contribution is -0.149. The Morgan fingerprint density at radius 1 is 1.06 bits per heavy atom. The third-order valence-corrected chi connectivity index (χ3v) is 6.88. The lowest BCUT2D eigenvalue weighted by atomic mass is 9.86. The van der Waals surface area contributed by atoms with Crippen molar-refractivity contribution in [1.29, 1.82) is 0 Å². The van der Waals surface area contributed by atoms with E-state index in [-0.39, 0.29) is 25.3 Å². The number of aliphatic hydroxyl groups excluding tert-OH is 1. The van der Waals surface area contributed by atoms with Crippen LogP contribution in [-0.4, -0.2) is 76.9 Å². The maximum atomic E-state index is 13.9. The van der Waals surface area contributed by atoms with Gasteiger partial charge in [-0.2, -0.15) is 0 Å². The molecule has 6 nitrogen and oxygen atoms in total. The lowest BCUT2D eigenvalue weighted by Gasteiger charge is -2.47. The summed E-state index contributed by atoms with van der Waals surface area (Å²) in [6.45, 7) is 4.08. The van der Waals surface area contributed by atoms with Gasteiger partial charge >= 0.3 is 0 Å². The quantitative estimate of drug-likeness (QED) is 0.613. The summed E-state index contributed by atoms with van der Waals surface area (Å²) < 4.78 is 32.6. The molecule has 2 aliphatic rings. The van der Waals surface area contributed by atoms with E-state index in [2.05, 4.69) is 24.0 Å². The summed E-state index contributed by atoms with van der Waals surface area (Å²) in [5.74, 6) is -1.70. The first-order valence-corrected chi connectivity index (χ1v) is 11.4. The minimum Gasteiger partial charge on any atom is -0.487 e. The molecule has 2 aromatic carbocycles. The Labute approximate surface area is 193 Å². The van der Waals surface area contributed by atoms with Crippen LogP contribution in [0.3, 0.4) is 0 Å². The Morgan fingerprint density at radius 3 is 2.52 bits per heavy atom. The average Bonchev–Trinajstić information content (AvgIpc) is 2.78. The van der Waals surface area contributed by atoms with Crippen LogP contribution in [-0.2, 0) is 0 Å². The van der Waals surface area contributed by atoms with Crippen molar-refractivity contribution in [3.8, 4) is 5.75 Å². The molecule has 0 amide bonds. The third kappa shape index (κ3) is 5.46. The summed E-state index contributed by atoms with van der Waals surface area (Å²) in [6, 6.07) is 11.0. The molecule has 2 atom stereocenters. The summed E-state index contributed by atoms with van der Waals surface area (Å²) in [7, 11) is 0. The fraction of sp³-hybridized carbons (Fsp3) is 0.520. The standard InChI is InChI=1S/C25H32F2N2O4/c1-18-4-2-3-5-21(18)29-12-9-24(31,10-13-29)15-28-11-8-23(30)25(32,16-28)17-33-22-14-19(26)6-7-20(22)27/h2-7,14,23,30-32H,8-13,15-17H2,1H3/t23-,25-/m0/s1. The van der Waals surface area contributed by atoms with E-state index in [4.69, 9.17) is 4.74 Å². The summed E-state index contributed by atoms with van der Waals surface area (Å²) >= 11 is 0. The van der Waals surface area contributed by atoms with E-state index in [1.807, 2.05) is 17.0 Å². The molecule has 0 bridgehead atoms. The molecular formula is C25H32F2N2O4. The number of halogens is 2. The largest absolute Gasteiger partial charge is 0.487 e. The van der Waals surface area contributed by atoms with Crippen molar-refractivity contribution in [2.24, 2.45) is 0 Å². The van der Waals surface area contributed by atoms with Crippen LogP contribution in [0.5, 0.6) is 5.75 Å². The third-order valence-electron chi connectivity index (χ3n) is 6.88. The van der Waals surface area contributed by atoms with Crippen molar-refractivity contribution < 1.29 is 28.8 Å². The van der Waals surface area contributed by atoms with Gasteiger partial charge in [0, 0.05) is 44.5 Å². The maximum Gasteiger partial charge on any atom is 0.165 e. The normalized spacial score (nSPS) is 25.8. The predicted molar refractivity (Wildman–Crippen MR) is 121 cm³/mol. The number of hydrogen-bond acceptors (Lipinski definition) is 6. The van der Waals surface area contributed by atoms with Crippen LogP contribution in [0.25, 0.3) is 0 Å². The molecule has 0 saturated carbocycles. The van der Waals surface area contributed by atoms with Gasteiger partial charge in [0.15, 0.2) is 11.6 Å². The first-order valence-electron chi connectivity index (χ1n) is 11.4. The average molecular weight is 463 g/mol. The van der Waals surface area contributed by atoms with Crippen LogP contribution in [0.2, 0.25) is 0 Å². The number of anilines is 1. The Kier molecular flexibility index (Phi) is 6.91. The Hall–Kier alpha value is -2.26. The van der Waals surface area contributed by atoms with Gasteiger partial charge in [-0.3, -0.25) is 4.90 Å². The molecule has 180 valence electrons. The topological polar surface area (TPSA) is 76.4 Å². The minimum absolute atomic E-state index is 0.0644. The van der Waals surface area contributed by atoms with Gasteiger partial charge in [0.2, 0.25) is 0 Å². The van der Waals surface area contributed by atoms with Crippen molar-refractivity contribution in [1.82, 2.24) is 4.90 Å². The number of hydrogen-bond donors (Lipinski definition) is 3. The minimum atomic E-state index is -1.66. The highest BCUT2D eigenvalue weighted by atomic mass is 19.1. The number of nitrogens with zero attached hydrogens (tertiary/aromatic N) is 2. The number of β-amino-alcohol motifs (C(OH)–C–C–N with tert-alkyl or cyclic N) is 2. The first kappa shape index (κ1) is 23.9. The van der Waals surface area contributed by atoms with Crippen molar-refractivity contribution in [3.05, 3.63) is 59.7 Å². The van der Waals surface area contributed by atoms with E-state index in [0.717, 1.165) is 31.3 Å². The zero-order valence-electron chi connectivity index (χ0n) is 18.9. The number of benzene rings is 2. The number of para-hydroxylation sites is 1. The molecule has 0 radical (unpaired) electrons. The van der Waals surface area contributed by atoms with Gasteiger partial charge in [-0.25, -0.2) is 8.78 Å². The summed E-state index contributed by atoms with van der Waals surface area (Å²) in [5, 5.41) is 32.7. The molecule has 2 aliphatic heterocycles. The van der Waals surface area contributed by atoms with Crippen LogP contribution in [0.4, 0.5) is 14.5 Å². The maximum absolute atomic E-state index is 13.9. The monoisotopic (exact) mass is 462 g/mol. The Bertz CT molecular complexity index is 967. The van der Waals surface area contributed by atoms with Crippen molar-refractivity contribution in [2.75, 3.05) is 44.2 Å². The highest BCUT2D eigenvalue weighted by molar-refractivity contribution is 5.53. The molecule has 2 aromatic rings. The molecule has 3 N–H and O–H groups in total. The van der Waals surface area contributed by atoms with Crippen molar-refractivity contribution in [2.45, 2.75) is 43.5 Å². The number of ether oxygens (including phenoxy) is 1. The number of aliphatic hydroxyl groups is 3. The highest BCUT2D eigenvalue weighted by Gasteiger charge is 2.44. The van der Waals surface area contributed by atoms with Crippen molar-refractivity contribution in [3.63, 3.8) is 0 Å². The summed E-state index contributed by atoms with van der Waals surface area (Å²) in [5.41, 5.74) is -0.183. The van der Waals surface area contributed by atoms with E-state index < -0.39 is 28.9 Å². The zero-order chi connectivity index (χ0) is 23.6. The summed E-state index contributed by atoms with van der Waals surface area (Å²) in [4.78, 5) is 4.20. The van der Waals surface area contributed by atoms with Crippen LogP contribution < -0.4 is 9.64 Å². The number of rotatable bonds is 6. The Balaban J connectivity index is 1.36. The van der Waals surface area contributed by atoms with E-state index >= 15 is 0 Å². The number of aryl methyl sites for hydroxylation is 1. The van der Waals surface area contributed by atoms with Crippen LogP contribution in [0.15, 0.2) is 42.5 Å². The van der Waals surface area contributed by atoms with Gasteiger partial charge in [-0.15, -0.1) is 0 Å². The van der Waals surface area contributed by atoms with Gasteiger partial charge in [0.05, 0.1) is 11.7 Å². The predicted octanol–water partition coefficient (Wildman–Crippen LogP) is 2.48. The molecule has 33 heavy (non-hydrogen) atoms. The SMILES string of the molecule is Cc1ccccc1N1CCC(O)(CN2CC[C@H](O)[C@@](O)(COc3cc(F)ccc3F)C2)CC1. The van der Waals surface area contributed by atoms with Gasteiger partial charge < -0.3 is 25.0 Å². The van der Waals surface area contributed by atoms with Crippen LogP contribution in [0.1, 0.15) is 24.8 Å².